The van der Waals surface area contributed by atoms with E-state index in [4.69, 9.17) is 4.42 Å². The third kappa shape index (κ3) is 4.51. The third-order valence-corrected chi connectivity index (χ3v) is 4.93. The van der Waals surface area contributed by atoms with Crippen LogP contribution in [0.25, 0.3) is 0 Å². The predicted octanol–water partition coefficient (Wildman–Crippen LogP) is 2.82. The molecule has 3 rings (SSSR count). The Morgan fingerprint density at radius 2 is 2.28 bits per heavy atom. The van der Waals surface area contributed by atoms with Gasteiger partial charge in [0, 0.05) is 11.7 Å². The fraction of sp³-hybridized carbons (Fsp3) is 0.579. The zero-order chi connectivity index (χ0) is 17.8. The Labute approximate surface area is 149 Å². The molecule has 6 nitrogen and oxygen atoms in total. The maximum absolute atomic E-state index is 12.5. The Bertz CT molecular complexity index is 692. The minimum Gasteiger partial charge on any atom is -0.467 e. The lowest BCUT2D eigenvalue weighted by molar-refractivity contribution is -0.124. The molecule has 1 fully saturated rings. The number of piperidine rings is 1. The van der Waals surface area contributed by atoms with Gasteiger partial charge >= 0.3 is 0 Å². The molecule has 3 heterocycles. The molecule has 0 unspecified atom stereocenters. The molecular formula is C19H28N4O2. The number of aromatic nitrogens is 2. The van der Waals surface area contributed by atoms with Crippen LogP contribution in [0.3, 0.4) is 0 Å². The zero-order valence-corrected chi connectivity index (χ0v) is 15.4. The number of hydrogen-bond donors (Lipinski definition) is 1. The fourth-order valence-corrected chi connectivity index (χ4v) is 3.61. The number of nitrogens with one attached hydrogen (secondary N) is 1. The first-order chi connectivity index (χ1) is 12.0. The number of amides is 1. The SMILES string of the molecule is Cc1cc(C)n(C[C@@H]2CCCCN2CC(=O)N[C@@H](C)c2ccco2)n1. The summed E-state index contributed by atoms with van der Waals surface area (Å²) in [6.07, 6.45) is 5.10. The van der Waals surface area contributed by atoms with Crippen molar-refractivity contribution in [1.29, 1.82) is 0 Å². The van der Waals surface area contributed by atoms with E-state index in [0.29, 0.717) is 12.6 Å². The summed E-state index contributed by atoms with van der Waals surface area (Å²) in [6, 6.07) is 6.08. The first-order valence-corrected chi connectivity index (χ1v) is 9.11. The van der Waals surface area contributed by atoms with Crippen molar-refractivity contribution in [2.24, 2.45) is 0 Å². The Balaban J connectivity index is 1.59. The summed E-state index contributed by atoms with van der Waals surface area (Å²) in [7, 11) is 0. The second-order valence-corrected chi connectivity index (χ2v) is 7.03. The molecule has 1 aliphatic heterocycles. The van der Waals surface area contributed by atoms with Crippen molar-refractivity contribution in [3.63, 3.8) is 0 Å². The number of hydrogen-bond acceptors (Lipinski definition) is 4. The minimum absolute atomic E-state index is 0.0455. The molecule has 2 atom stereocenters. The molecule has 0 radical (unpaired) electrons. The Morgan fingerprint density at radius 3 is 2.96 bits per heavy atom. The lowest BCUT2D eigenvalue weighted by Gasteiger charge is -2.35. The van der Waals surface area contributed by atoms with Gasteiger partial charge in [-0.2, -0.15) is 5.10 Å². The lowest BCUT2D eigenvalue weighted by Crippen LogP contribution is -2.47. The van der Waals surface area contributed by atoms with Crippen molar-refractivity contribution in [3.8, 4) is 0 Å². The van der Waals surface area contributed by atoms with Crippen molar-refractivity contribution in [2.75, 3.05) is 13.1 Å². The average molecular weight is 344 g/mol. The number of rotatable bonds is 6. The van der Waals surface area contributed by atoms with E-state index in [1.54, 1.807) is 6.26 Å². The van der Waals surface area contributed by atoms with Crippen LogP contribution >= 0.6 is 0 Å². The highest BCUT2D eigenvalue weighted by Crippen LogP contribution is 2.19. The number of nitrogens with zero attached hydrogens (tertiary/aromatic N) is 3. The number of carbonyl (C=O) groups excluding carboxylic acids is 1. The van der Waals surface area contributed by atoms with Crippen LogP contribution in [0, 0.1) is 13.8 Å². The van der Waals surface area contributed by atoms with E-state index < -0.39 is 0 Å². The molecule has 6 heteroatoms. The van der Waals surface area contributed by atoms with Crippen molar-refractivity contribution in [2.45, 2.75) is 58.7 Å². The van der Waals surface area contributed by atoms with Gasteiger partial charge in [-0.3, -0.25) is 14.4 Å². The monoisotopic (exact) mass is 344 g/mol. The molecule has 2 aromatic rings. The van der Waals surface area contributed by atoms with Gasteiger partial charge in [-0.25, -0.2) is 0 Å². The topological polar surface area (TPSA) is 63.3 Å². The molecule has 0 aliphatic carbocycles. The van der Waals surface area contributed by atoms with Crippen molar-refractivity contribution in [1.82, 2.24) is 20.0 Å². The van der Waals surface area contributed by atoms with Crippen molar-refractivity contribution < 1.29 is 9.21 Å². The normalized spacial score (nSPS) is 19.7. The fourth-order valence-electron chi connectivity index (χ4n) is 3.61. The molecule has 1 saturated heterocycles. The maximum Gasteiger partial charge on any atom is 0.234 e. The predicted molar refractivity (Wildman–Crippen MR) is 96.2 cm³/mol. The molecule has 136 valence electrons. The van der Waals surface area contributed by atoms with E-state index in [0.717, 1.165) is 37.4 Å². The Hall–Kier alpha value is -2.08. The molecule has 0 bridgehead atoms. The highest BCUT2D eigenvalue weighted by molar-refractivity contribution is 5.78. The molecule has 0 aromatic carbocycles. The van der Waals surface area contributed by atoms with E-state index in [1.807, 2.05) is 26.0 Å². The van der Waals surface area contributed by atoms with Gasteiger partial charge in [-0.1, -0.05) is 6.42 Å². The Morgan fingerprint density at radius 1 is 1.44 bits per heavy atom. The van der Waals surface area contributed by atoms with Crippen LogP contribution in [0.15, 0.2) is 28.9 Å². The number of likely N-dealkylation sites (tertiary alicyclic amines) is 1. The summed E-state index contributed by atoms with van der Waals surface area (Å²) < 4.78 is 7.43. The van der Waals surface area contributed by atoms with Crippen LogP contribution in [0.2, 0.25) is 0 Å². The van der Waals surface area contributed by atoms with Gasteiger partial charge in [0.15, 0.2) is 0 Å². The molecular weight excluding hydrogens is 316 g/mol. The van der Waals surface area contributed by atoms with Gasteiger partial charge in [0.05, 0.1) is 31.1 Å². The van der Waals surface area contributed by atoms with Gasteiger partial charge in [-0.15, -0.1) is 0 Å². The minimum atomic E-state index is -0.109. The molecule has 1 N–H and O–H groups in total. The Kier molecular flexibility index (Phi) is 5.58. The largest absolute Gasteiger partial charge is 0.467 e. The first-order valence-electron chi connectivity index (χ1n) is 9.11. The number of aryl methyl sites for hydroxylation is 2. The summed E-state index contributed by atoms with van der Waals surface area (Å²) in [5, 5.41) is 7.61. The van der Waals surface area contributed by atoms with Crippen LogP contribution < -0.4 is 5.32 Å². The van der Waals surface area contributed by atoms with E-state index in [-0.39, 0.29) is 11.9 Å². The second-order valence-electron chi connectivity index (χ2n) is 7.03. The lowest BCUT2D eigenvalue weighted by atomic mass is 10.0. The summed E-state index contributed by atoms with van der Waals surface area (Å²) in [5.41, 5.74) is 2.23. The third-order valence-electron chi connectivity index (χ3n) is 4.93. The maximum atomic E-state index is 12.5. The van der Waals surface area contributed by atoms with Crippen LogP contribution in [-0.4, -0.2) is 39.7 Å². The summed E-state index contributed by atoms with van der Waals surface area (Å²) in [5.74, 6) is 0.829. The highest BCUT2D eigenvalue weighted by Gasteiger charge is 2.26. The molecule has 25 heavy (non-hydrogen) atoms. The number of carbonyl (C=O) groups is 1. The second kappa shape index (κ2) is 7.87. The van der Waals surface area contributed by atoms with Gasteiger partial charge < -0.3 is 9.73 Å². The van der Waals surface area contributed by atoms with Crippen molar-refractivity contribution >= 4 is 5.91 Å². The average Bonchev–Trinajstić information content (AvgIpc) is 3.19. The van der Waals surface area contributed by atoms with Gasteiger partial charge in [0.2, 0.25) is 5.91 Å². The van der Waals surface area contributed by atoms with E-state index in [2.05, 4.69) is 33.0 Å². The standard InChI is InChI=1S/C19H28N4O2/c1-14-11-15(2)23(21-14)12-17-7-4-5-9-22(17)13-19(24)20-16(3)18-8-6-10-25-18/h6,8,10-11,16-17H,4-5,7,9,12-13H2,1-3H3,(H,20,24)/t16-,17-/m0/s1. The first kappa shape index (κ1) is 17.7. The summed E-state index contributed by atoms with van der Waals surface area (Å²) in [6.45, 7) is 8.29. The molecule has 1 amide bonds. The van der Waals surface area contributed by atoms with Gasteiger partial charge in [0.1, 0.15) is 5.76 Å². The van der Waals surface area contributed by atoms with Crippen LogP contribution in [-0.2, 0) is 11.3 Å². The zero-order valence-electron chi connectivity index (χ0n) is 15.4. The summed E-state index contributed by atoms with van der Waals surface area (Å²) in [4.78, 5) is 14.8. The van der Waals surface area contributed by atoms with Gasteiger partial charge in [-0.05, 0) is 58.4 Å². The van der Waals surface area contributed by atoms with Crippen LogP contribution in [0.4, 0.5) is 0 Å². The van der Waals surface area contributed by atoms with E-state index >= 15 is 0 Å². The van der Waals surface area contributed by atoms with Crippen LogP contribution in [0.1, 0.15) is 49.4 Å². The highest BCUT2D eigenvalue weighted by atomic mass is 16.3. The quantitative estimate of drug-likeness (QED) is 0.875. The molecule has 0 saturated carbocycles. The van der Waals surface area contributed by atoms with E-state index in [1.165, 1.54) is 12.1 Å². The molecule has 1 aliphatic rings. The van der Waals surface area contributed by atoms with Crippen molar-refractivity contribution in [3.05, 3.63) is 41.6 Å². The smallest absolute Gasteiger partial charge is 0.234 e. The van der Waals surface area contributed by atoms with Gasteiger partial charge in [0.25, 0.3) is 0 Å². The molecule has 2 aromatic heterocycles. The molecule has 0 spiro atoms. The van der Waals surface area contributed by atoms with E-state index in [9.17, 15) is 4.79 Å². The van der Waals surface area contributed by atoms with Crippen LogP contribution in [0.5, 0.6) is 0 Å². The summed E-state index contributed by atoms with van der Waals surface area (Å²) >= 11 is 0. The number of furan rings is 1.